The van der Waals surface area contributed by atoms with E-state index in [4.69, 9.17) is 15.7 Å². The van der Waals surface area contributed by atoms with Crippen molar-refractivity contribution in [2.45, 2.75) is 0 Å². The smallest absolute Gasteiger partial charge is 0.165 e. The second-order valence-corrected chi connectivity index (χ2v) is 2.67. The van der Waals surface area contributed by atoms with Crippen LogP contribution < -0.4 is 11.1 Å². The number of pyridine rings is 1. The van der Waals surface area contributed by atoms with Crippen molar-refractivity contribution >= 4 is 11.5 Å². The summed E-state index contributed by atoms with van der Waals surface area (Å²) < 4.78 is 4.86. The average Bonchev–Trinajstić information content (AvgIpc) is 2.21. The van der Waals surface area contributed by atoms with Gasteiger partial charge in [-0.1, -0.05) is 0 Å². The normalized spacial score (nSPS) is 9.43. The highest BCUT2D eigenvalue weighted by Gasteiger charge is 2.00. The maximum absolute atomic E-state index is 8.67. The van der Waals surface area contributed by atoms with Crippen LogP contribution in [0.1, 0.15) is 5.69 Å². The molecule has 1 aromatic rings. The van der Waals surface area contributed by atoms with Crippen LogP contribution in [0.4, 0.5) is 11.5 Å². The van der Waals surface area contributed by atoms with Gasteiger partial charge in [0.25, 0.3) is 0 Å². The summed E-state index contributed by atoms with van der Waals surface area (Å²) in [6, 6.07) is 5.30. The van der Waals surface area contributed by atoms with Gasteiger partial charge in [-0.15, -0.1) is 0 Å². The SMILES string of the molecule is COCCNc1ccc(N)c(C#N)n1. The van der Waals surface area contributed by atoms with Crippen LogP contribution in [0.2, 0.25) is 0 Å². The number of methoxy groups -OCH3 is 1. The van der Waals surface area contributed by atoms with Crippen molar-refractivity contribution in [3.63, 3.8) is 0 Å². The Morgan fingerprint density at radius 1 is 1.64 bits per heavy atom. The molecule has 0 bridgehead atoms. The van der Waals surface area contributed by atoms with E-state index in [1.165, 1.54) is 0 Å². The van der Waals surface area contributed by atoms with Gasteiger partial charge in [-0.2, -0.15) is 5.26 Å². The van der Waals surface area contributed by atoms with Crippen LogP contribution in [0, 0.1) is 11.3 Å². The minimum atomic E-state index is 0.243. The number of nitrogens with one attached hydrogen (secondary N) is 1. The Morgan fingerprint density at radius 3 is 3.07 bits per heavy atom. The molecule has 0 spiro atoms. The van der Waals surface area contributed by atoms with Crippen LogP contribution in [0.3, 0.4) is 0 Å². The fourth-order valence-corrected chi connectivity index (χ4v) is 0.939. The minimum Gasteiger partial charge on any atom is -0.396 e. The number of nitrogens with zero attached hydrogens (tertiary/aromatic N) is 2. The van der Waals surface area contributed by atoms with Crippen molar-refractivity contribution in [2.75, 3.05) is 31.3 Å². The Balaban J connectivity index is 2.66. The van der Waals surface area contributed by atoms with Crippen molar-refractivity contribution in [3.05, 3.63) is 17.8 Å². The molecule has 0 aliphatic rings. The highest BCUT2D eigenvalue weighted by Crippen LogP contribution is 2.11. The van der Waals surface area contributed by atoms with E-state index in [0.717, 1.165) is 0 Å². The zero-order chi connectivity index (χ0) is 10.4. The van der Waals surface area contributed by atoms with Crippen LogP contribution in [-0.2, 0) is 4.74 Å². The molecule has 0 aromatic carbocycles. The van der Waals surface area contributed by atoms with Crippen molar-refractivity contribution in [2.24, 2.45) is 0 Å². The van der Waals surface area contributed by atoms with Crippen LogP contribution in [0.25, 0.3) is 0 Å². The molecule has 0 radical (unpaired) electrons. The van der Waals surface area contributed by atoms with Crippen molar-refractivity contribution in [1.82, 2.24) is 4.98 Å². The summed E-state index contributed by atoms with van der Waals surface area (Å²) in [6.07, 6.45) is 0. The molecule has 14 heavy (non-hydrogen) atoms. The Kier molecular flexibility index (Phi) is 3.70. The molecule has 0 saturated heterocycles. The fraction of sp³-hybridized carbons (Fsp3) is 0.333. The van der Waals surface area contributed by atoms with Gasteiger partial charge in [0.05, 0.1) is 12.3 Å². The molecule has 74 valence electrons. The molecule has 0 unspecified atom stereocenters. The van der Waals surface area contributed by atoms with E-state index in [9.17, 15) is 0 Å². The molecule has 0 aliphatic heterocycles. The van der Waals surface area contributed by atoms with Gasteiger partial charge in [0, 0.05) is 13.7 Å². The summed E-state index contributed by atoms with van der Waals surface area (Å²) in [5, 5.41) is 11.7. The molecule has 5 nitrogen and oxygen atoms in total. The van der Waals surface area contributed by atoms with Gasteiger partial charge in [-0.05, 0) is 12.1 Å². The maximum atomic E-state index is 8.67. The molecule has 1 aromatic heterocycles. The summed E-state index contributed by atoms with van der Waals surface area (Å²) in [7, 11) is 1.62. The summed E-state index contributed by atoms with van der Waals surface area (Å²) in [5.41, 5.74) is 6.15. The zero-order valence-electron chi connectivity index (χ0n) is 7.95. The van der Waals surface area contributed by atoms with Gasteiger partial charge in [0.1, 0.15) is 11.9 Å². The van der Waals surface area contributed by atoms with Gasteiger partial charge < -0.3 is 15.8 Å². The van der Waals surface area contributed by atoms with Crippen LogP contribution in [0.5, 0.6) is 0 Å². The molecule has 0 aliphatic carbocycles. The number of hydrogen-bond acceptors (Lipinski definition) is 5. The number of nitrogen functional groups attached to an aromatic ring is 1. The first-order valence-corrected chi connectivity index (χ1v) is 4.17. The second kappa shape index (κ2) is 5.04. The number of aromatic nitrogens is 1. The quantitative estimate of drug-likeness (QED) is 0.682. The van der Waals surface area contributed by atoms with E-state index in [1.54, 1.807) is 19.2 Å². The Morgan fingerprint density at radius 2 is 2.43 bits per heavy atom. The molecule has 5 heteroatoms. The van der Waals surface area contributed by atoms with Gasteiger partial charge in [-0.25, -0.2) is 4.98 Å². The van der Waals surface area contributed by atoms with Crippen LogP contribution in [-0.4, -0.2) is 25.2 Å². The lowest BCUT2D eigenvalue weighted by Gasteiger charge is -2.05. The largest absolute Gasteiger partial charge is 0.396 e. The van der Waals surface area contributed by atoms with Gasteiger partial charge >= 0.3 is 0 Å². The number of nitriles is 1. The van der Waals surface area contributed by atoms with Crippen molar-refractivity contribution in [1.29, 1.82) is 5.26 Å². The molecule has 0 atom stereocenters. The van der Waals surface area contributed by atoms with E-state index in [0.29, 0.717) is 24.7 Å². The number of anilines is 2. The first kappa shape index (κ1) is 10.3. The Hall–Kier alpha value is -1.80. The lowest BCUT2D eigenvalue weighted by atomic mass is 10.3. The molecule has 0 saturated carbocycles. The van der Waals surface area contributed by atoms with Gasteiger partial charge in [0.2, 0.25) is 0 Å². The topological polar surface area (TPSA) is 84.0 Å². The minimum absolute atomic E-state index is 0.243. The number of nitrogens with two attached hydrogens (primary N) is 1. The summed E-state index contributed by atoms with van der Waals surface area (Å²) in [5.74, 6) is 0.632. The Bertz CT molecular complexity index is 345. The monoisotopic (exact) mass is 192 g/mol. The van der Waals surface area contributed by atoms with Crippen molar-refractivity contribution in [3.8, 4) is 6.07 Å². The van der Waals surface area contributed by atoms with E-state index in [2.05, 4.69) is 10.3 Å². The zero-order valence-corrected chi connectivity index (χ0v) is 7.95. The second-order valence-electron chi connectivity index (χ2n) is 2.67. The van der Waals surface area contributed by atoms with E-state index in [1.807, 2.05) is 6.07 Å². The third kappa shape index (κ3) is 2.61. The van der Waals surface area contributed by atoms with Crippen LogP contribution >= 0.6 is 0 Å². The Labute approximate surface area is 82.5 Å². The fourth-order valence-electron chi connectivity index (χ4n) is 0.939. The summed E-state index contributed by atoms with van der Waals surface area (Å²) in [6.45, 7) is 1.24. The molecular formula is C9H12N4O. The molecule has 1 rings (SSSR count). The lowest BCUT2D eigenvalue weighted by Crippen LogP contribution is -2.09. The molecule has 0 fully saturated rings. The predicted octanol–water partition coefficient (Wildman–Crippen LogP) is 0.594. The third-order valence-corrected chi connectivity index (χ3v) is 1.64. The highest BCUT2D eigenvalue weighted by molar-refractivity contribution is 5.54. The predicted molar refractivity (Wildman–Crippen MR) is 53.7 cm³/mol. The lowest BCUT2D eigenvalue weighted by molar-refractivity contribution is 0.210. The average molecular weight is 192 g/mol. The van der Waals surface area contributed by atoms with Gasteiger partial charge in [0.15, 0.2) is 5.69 Å². The van der Waals surface area contributed by atoms with Gasteiger partial charge in [-0.3, -0.25) is 0 Å². The summed E-state index contributed by atoms with van der Waals surface area (Å²) >= 11 is 0. The first-order valence-electron chi connectivity index (χ1n) is 4.17. The third-order valence-electron chi connectivity index (χ3n) is 1.64. The molecular weight excluding hydrogens is 180 g/mol. The van der Waals surface area contributed by atoms with E-state index < -0.39 is 0 Å². The highest BCUT2D eigenvalue weighted by atomic mass is 16.5. The summed E-state index contributed by atoms with van der Waals surface area (Å²) in [4.78, 5) is 4.01. The standard InChI is InChI=1S/C9H12N4O/c1-14-5-4-12-9-3-2-7(11)8(6-10)13-9/h2-3H,4-5,11H2,1H3,(H,12,13). The van der Waals surface area contributed by atoms with E-state index >= 15 is 0 Å². The maximum Gasteiger partial charge on any atom is 0.165 e. The van der Waals surface area contributed by atoms with Crippen LogP contribution in [0.15, 0.2) is 12.1 Å². The number of ether oxygens (including phenoxy) is 1. The first-order chi connectivity index (χ1) is 6.77. The number of hydrogen-bond donors (Lipinski definition) is 2. The molecule has 3 N–H and O–H groups in total. The van der Waals surface area contributed by atoms with Crippen molar-refractivity contribution < 1.29 is 4.74 Å². The van der Waals surface area contributed by atoms with E-state index in [-0.39, 0.29) is 5.69 Å². The molecule has 0 amide bonds. The number of rotatable bonds is 4. The molecule has 1 heterocycles.